The Kier molecular flexibility index (Phi) is 3.88. The summed E-state index contributed by atoms with van der Waals surface area (Å²) in [6.45, 7) is 0. The Balaban J connectivity index is 2.34. The zero-order valence-electron chi connectivity index (χ0n) is 9.38. The molecule has 0 radical (unpaired) electrons. The molecule has 2 aromatic rings. The molecule has 0 aliphatic heterocycles. The highest BCUT2D eigenvalue weighted by Crippen LogP contribution is 2.30. The third kappa shape index (κ3) is 3.52. The van der Waals surface area contributed by atoms with E-state index >= 15 is 0 Å². The minimum absolute atomic E-state index is 0.387. The standard InChI is InChI=1S/C12H8F2O3S2/c13-8-1-3-9(4-2-8)18-10-5-6-11(14)12(7-10)19(15,16)17/h1-7H,(H,15,16,17). The van der Waals surface area contributed by atoms with Crippen molar-refractivity contribution in [2.24, 2.45) is 0 Å². The molecule has 0 saturated heterocycles. The lowest BCUT2D eigenvalue weighted by Gasteiger charge is -2.04. The van der Waals surface area contributed by atoms with E-state index in [1.165, 1.54) is 30.3 Å². The molecule has 0 spiro atoms. The van der Waals surface area contributed by atoms with E-state index in [0.717, 1.165) is 23.9 Å². The number of hydrogen-bond donors (Lipinski definition) is 1. The van der Waals surface area contributed by atoms with Crippen LogP contribution in [0, 0.1) is 11.6 Å². The summed E-state index contributed by atoms with van der Waals surface area (Å²) < 4.78 is 56.8. The van der Waals surface area contributed by atoms with Crippen LogP contribution < -0.4 is 0 Å². The SMILES string of the molecule is O=S(=O)(O)c1cc(Sc2ccc(F)cc2)ccc1F. The van der Waals surface area contributed by atoms with Gasteiger partial charge in [-0.1, -0.05) is 11.8 Å². The van der Waals surface area contributed by atoms with Crippen molar-refractivity contribution in [2.75, 3.05) is 0 Å². The molecule has 2 rings (SSSR count). The second kappa shape index (κ2) is 5.28. The molecule has 0 aliphatic rings. The minimum atomic E-state index is -4.60. The van der Waals surface area contributed by atoms with Crippen LogP contribution in [-0.2, 0) is 10.1 Å². The van der Waals surface area contributed by atoms with Gasteiger partial charge < -0.3 is 0 Å². The van der Waals surface area contributed by atoms with E-state index in [2.05, 4.69) is 0 Å². The Labute approximate surface area is 113 Å². The second-order valence-electron chi connectivity index (χ2n) is 3.62. The van der Waals surface area contributed by atoms with Crippen LogP contribution in [0.25, 0.3) is 0 Å². The third-order valence-corrected chi connectivity index (χ3v) is 4.10. The quantitative estimate of drug-likeness (QED) is 0.883. The summed E-state index contributed by atoms with van der Waals surface area (Å²) in [6, 6.07) is 8.89. The van der Waals surface area contributed by atoms with Crippen molar-refractivity contribution in [3.8, 4) is 0 Å². The molecular weight excluding hydrogens is 294 g/mol. The zero-order chi connectivity index (χ0) is 14.0. The van der Waals surface area contributed by atoms with Crippen LogP contribution in [0.3, 0.4) is 0 Å². The fraction of sp³-hybridized carbons (Fsp3) is 0. The van der Waals surface area contributed by atoms with Gasteiger partial charge in [0.25, 0.3) is 10.1 Å². The number of benzene rings is 2. The van der Waals surface area contributed by atoms with E-state index < -0.39 is 20.8 Å². The summed E-state index contributed by atoms with van der Waals surface area (Å²) in [5.74, 6) is -1.41. The van der Waals surface area contributed by atoms with Crippen molar-refractivity contribution in [3.63, 3.8) is 0 Å². The van der Waals surface area contributed by atoms with Crippen LogP contribution in [-0.4, -0.2) is 13.0 Å². The predicted octanol–water partition coefficient (Wildman–Crippen LogP) is 3.36. The molecule has 0 saturated carbocycles. The van der Waals surface area contributed by atoms with Crippen LogP contribution in [0.1, 0.15) is 0 Å². The van der Waals surface area contributed by atoms with Crippen molar-refractivity contribution in [3.05, 3.63) is 54.1 Å². The molecule has 100 valence electrons. The lowest BCUT2D eigenvalue weighted by atomic mass is 10.3. The fourth-order valence-electron chi connectivity index (χ4n) is 1.38. The highest BCUT2D eigenvalue weighted by molar-refractivity contribution is 7.99. The normalized spacial score (nSPS) is 11.5. The Bertz CT molecular complexity index is 697. The van der Waals surface area contributed by atoms with E-state index in [9.17, 15) is 17.2 Å². The first-order valence-corrected chi connectivity index (χ1v) is 7.32. The summed E-state index contributed by atoms with van der Waals surface area (Å²) >= 11 is 1.13. The first-order chi connectivity index (χ1) is 8.86. The van der Waals surface area contributed by atoms with Gasteiger partial charge in [0.1, 0.15) is 16.5 Å². The van der Waals surface area contributed by atoms with Crippen LogP contribution in [0.2, 0.25) is 0 Å². The number of rotatable bonds is 3. The van der Waals surface area contributed by atoms with Crippen molar-refractivity contribution < 1.29 is 21.8 Å². The average molecular weight is 302 g/mol. The molecule has 19 heavy (non-hydrogen) atoms. The molecule has 0 aliphatic carbocycles. The maximum atomic E-state index is 13.3. The van der Waals surface area contributed by atoms with Gasteiger partial charge in [-0.3, -0.25) is 4.55 Å². The zero-order valence-corrected chi connectivity index (χ0v) is 11.0. The fourth-order valence-corrected chi connectivity index (χ4v) is 2.91. The van der Waals surface area contributed by atoms with Crippen molar-refractivity contribution in [1.82, 2.24) is 0 Å². The maximum absolute atomic E-state index is 13.3. The summed E-state index contributed by atoms with van der Waals surface area (Å²) in [4.78, 5) is 0.301. The number of hydrogen-bond acceptors (Lipinski definition) is 3. The number of halogens is 2. The van der Waals surface area contributed by atoms with E-state index in [1.807, 2.05) is 0 Å². The molecule has 3 nitrogen and oxygen atoms in total. The first-order valence-electron chi connectivity index (χ1n) is 5.07. The molecule has 0 fully saturated rings. The molecule has 0 amide bonds. The van der Waals surface area contributed by atoms with Gasteiger partial charge in [-0.25, -0.2) is 8.78 Å². The van der Waals surface area contributed by atoms with Gasteiger partial charge in [-0.15, -0.1) is 0 Å². The first kappa shape index (κ1) is 14.0. The van der Waals surface area contributed by atoms with E-state index in [1.54, 1.807) is 0 Å². The largest absolute Gasteiger partial charge is 0.297 e. The van der Waals surface area contributed by atoms with Gasteiger partial charge in [-0.05, 0) is 42.5 Å². The van der Waals surface area contributed by atoms with Crippen LogP contribution >= 0.6 is 11.8 Å². The highest BCUT2D eigenvalue weighted by atomic mass is 32.2. The second-order valence-corrected chi connectivity index (χ2v) is 6.16. The molecular formula is C12H8F2O3S2. The smallest absolute Gasteiger partial charge is 0.282 e. The molecule has 0 bridgehead atoms. The van der Waals surface area contributed by atoms with Gasteiger partial charge in [0, 0.05) is 9.79 Å². The Morgan fingerprint density at radius 1 is 0.947 bits per heavy atom. The summed E-state index contributed by atoms with van der Waals surface area (Å²) in [5.41, 5.74) is 0. The summed E-state index contributed by atoms with van der Waals surface area (Å²) in [5, 5.41) is 0. The van der Waals surface area contributed by atoms with Crippen molar-refractivity contribution in [1.29, 1.82) is 0 Å². The summed E-state index contributed by atoms with van der Waals surface area (Å²) in [7, 11) is -4.60. The topological polar surface area (TPSA) is 54.4 Å². The van der Waals surface area contributed by atoms with Gasteiger partial charge in [0.15, 0.2) is 0 Å². The van der Waals surface area contributed by atoms with Gasteiger partial charge in [0.2, 0.25) is 0 Å². The molecule has 1 N–H and O–H groups in total. The monoisotopic (exact) mass is 302 g/mol. The van der Waals surface area contributed by atoms with Crippen LogP contribution in [0.4, 0.5) is 8.78 Å². The molecule has 0 unspecified atom stereocenters. The van der Waals surface area contributed by atoms with Crippen LogP contribution in [0.5, 0.6) is 0 Å². The predicted molar refractivity (Wildman–Crippen MR) is 66.7 cm³/mol. The highest BCUT2D eigenvalue weighted by Gasteiger charge is 2.16. The Hall–Kier alpha value is -1.44. The van der Waals surface area contributed by atoms with E-state index in [4.69, 9.17) is 4.55 Å². The van der Waals surface area contributed by atoms with Gasteiger partial charge in [-0.2, -0.15) is 8.42 Å². The molecule has 0 atom stereocenters. The van der Waals surface area contributed by atoms with Gasteiger partial charge in [0.05, 0.1) is 0 Å². The minimum Gasteiger partial charge on any atom is -0.282 e. The third-order valence-electron chi connectivity index (χ3n) is 2.23. The lowest BCUT2D eigenvalue weighted by Crippen LogP contribution is -2.01. The van der Waals surface area contributed by atoms with E-state index in [0.29, 0.717) is 9.79 Å². The van der Waals surface area contributed by atoms with Crippen molar-refractivity contribution in [2.45, 2.75) is 14.7 Å². The molecule has 7 heteroatoms. The van der Waals surface area contributed by atoms with Crippen LogP contribution in [0.15, 0.2) is 57.2 Å². The molecule has 2 aromatic carbocycles. The summed E-state index contributed by atoms with van der Waals surface area (Å²) in [6.07, 6.45) is 0. The van der Waals surface area contributed by atoms with E-state index in [-0.39, 0.29) is 5.82 Å². The van der Waals surface area contributed by atoms with Crippen molar-refractivity contribution >= 4 is 21.9 Å². The lowest BCUT2D eigenvalue weighted by molar-refractivity contribution is 0.473. The Morgan fingerprint density at radius 3 is 2.11 bits per heavy atom. The van der Waals surface area contributed by atoms with Gasteiger partial charge >= 0.3 is 0 Å². The Morgan fingerprint density at radius 2 is 1.53 bits per heavy atom. The maximum Gasteiger partial charge on any atom is 0.297 e. The molecule has 0 aromatic heterocycles. The molecule has 0 heterocycles. The average Bonchev–Trinajstić information content (AvgIpc) is 2.33.